The second-order valence-electron chi connectivity index (χ2n) is 8.94. The van der Waals surface area contributed by atoms with E-state index in [0.29, 0.717) is 20.6 Å². The van der Waals surface area contributed by atoms with E-state index in [1.165, 1.54) is 34.1 Å². The lowest BCUT2D eigenvalue weighted by Gasteiger charge is -2.22. The molecule has 0 N–H and O–H groups in total. The number of ether oxygens (including phenoxy) is 2. The lowest BCUT2D eigenvalue weighted by Crippen LogP contribution is -2.39. The lowest BCUT2D eigenvalue weighted by molar-refractivity contribution is -0.384. The van der Waals surface area contributed by atoms with Gasteiger partial charge in [-0.2, -0.15) is 0 Å². The maximum absolute atomic E-state index is 13.9. The van der Waals surface area contributed by atoms with Crippen LogP contribution in [0.15, 0.2) is 67.9 Å². The normalized spacial score (nSPS) is 14.9. The van der Waals surface area contributed by atoms with Gasteiger partial charge in [0.2, 0.25) is 0 Å². The zero-order valence-corrected chi connectivity index (χ0v) is 28.0. The number of allylic oxidation sites excluding steroid dienone is 1. The summed E-state index contributed by atoms with van der Waals surface area (Å²) in [5.41, 5.74) is 1.10. The number of nitro benzene ring substituents is 1. The molecule has 0 aliphatic carbocycles. The Morgan fingerprint density at radius 2 is 1.95 bits per heavy atom. The number of nitro groups is 1. The molecule has 10 nitrogen and oxygen atoms in total. The third-order valence-electron chi connectivity index (χ3n) is 6.36. The molecule has 42 heavy (non-hydrogen) atoms. The van der Waals surface area contributed by atoms with Crippen LogP contribution in [0.5, 0.6) is 5.75 Å². The molecule has 3 heterocycles. The van der Waals surface area contributed by atoms with E-state index in [1.807, 2.05) is 12.1 Å². The van der Waals surface area contributed by atoms with E-state index in [2.05, 4.69) is 50.2 Å². The monoisotopic (exact) mass is 831 g/mol. The van der Waals surface area contributed by atoms with E-state index in [4.69, 9.17) is 25.5 Å². The summed E-state index contributed by atoms with van der Waals surface area (Å²) >= 11 is 11.9. The Balaban J connectivity index is 1.69. The Kier molecular flexibility index (Phi) is 8.91. The molecule has 1 atom stereocenters. The van der Waals surface area contributed by atoms with E-state index >= 15 is 0 Å². The SMILES string of the molecule is CCOC(=O)C1=C(C)N=c2s/c(=C\c3cc(I)c(OC)c(I)c3)c(=O)n2[C@H]1c1ccc(-c2cc([N+](=O)[O-])ccc2Cl)o1. The number of halogens is 3. The number of fused-ring (bicyclic) bond motifs is 1. The second kappa shape index (κ2) is 12.3. The molecular weight excluding hydrogens is 812 g/mol. The van der Waals surface area contributed by atoms with Crippen molar-refractivity contribution in [2.75, 3.05) is 13.7 Å². The van der Waals surface area contributed by atoms with Crippen LogP contribution < -0.4 is 19.6 Å². The van der Waals surface area contributed by atoms with Crippen molar-refractivity contribution < 1.29 is 23.6 Å². The van der Waals surface area contributed by atoms with Gasteiger partial charge in [-0.1, -0.05) is 22.9 Å². The number of nitrogens with zero attached hydrogens (tertiary/aromatic N) is 3. The number of carbonyl (C=O) groups is 1. The maximum atomic E-state index is 13.9. The number of esters is 1. The van der Waals surface area contributed by atoms with Crippen molar-refractivity contribution >= 4 is 85.9 Å². The Bertz CT molecular complexity index is 1960. The molecule has 2 aromatic carbocycles. The van der Waals surface area contributed by atoms with E-state index in [1.54, 1.807) is 39.2 Å². The summed E-state index contributed by atoms with van der Waals surface area (Å²) in [7, 11) is 1.61. The molecule has 0 bridgehead atoms. The highest BCUT2D eigenvalue weighted by molar-refractivity contribution is 14.1. The molecule has 4 aromatic rings. The van der Waals surface area contributed by atoms with Crippen molar-refractivity contribution in [2.24, 2.45) is 4.99 Å². The van der Waals surface area contributed by atoms with E-state index in [9.17, 15) is 19.7 Å². The predicted molar refractivity (Wildman–Crippen MR) is 175 cm³/mol. The molecule has 1 aliphatic heterocycles. The van der Waals surface area contributed by atoms with Crippen molar-refractivity contribution in [2.45, 2.75) is 19.9 Å². The Hall–Kier alpha value is -3.02. The maximum Gasteiger partial charge on any atom is 0.338 e. The first kappa shape index (κ1) is 30.4. The van der Waals surface area contributed by atoms with E-state index in [-0.39, 0.29) is 40.0 Å². The van der Waals surface area contributed by atoms with Crippen molar-refractivity contribution in [1.29, 1.82) is 0 Å². The third-order valence-corrected chi connectivity index (χ3v) is 9.28. The van der Waals surface area contributed by atoms with Crippen molar-refractivity contribution in [3.05, 3.63) is 107 Å². The van der Waals surface area contributed by atoms with Crippen LogP contribution in [0.2, 0.25) is 5.02 Å². The van der Waals surface area contributed by atoms with Gasteiger partial charge in [0, 0.05) is 17.7 Å². The van der Waals surface area contributed by atoms with Crippen LogP contribution in [-0.2, 0) is 9.53 Å². The number of thiazole rings is 1. The molecule has 5 rings (SSSR count). The Morgan fingerprint density at radius 1 is 1.24 bits per heavy atom. The average Bonchev–Trinajstić information content (AvgIpc) is 3.53. The van der Waals surface area contributed by atoms with Crippen LogP contribution in [0.1, 0.15) is 31.2 Å². The molecular formula is C28H20ClI2N3O7S. The summed E-state index contributed by atoms with van der Waals surface area (Å²) in [5.74, 6) is 0.595. The van der Waals surface area contributed by atoms with E-state index < -0.39 is 16.9 Å². The van der Waals surface area contributed by atoms with Crippen molar-refractivity contribution in [3.63, 3.8) is 0 Å². The average molecular weight is 832 g/mol. The molecule has 14 heteroatoms. The first-order valence-electron chi connectivity index (χ1n) is 12.3. The number of furan rings is 1. The van der Waals surface area contributed by atoms with Gasteiger partial charge in [-0.05, 0) is 101 Å². The second-order valence-corrected chi connectivity index (χ2v) is 12.7. The number of hydrogen-bond acceptors (Lipinski definition) is 9. The molecule has 2 aromatic heterocycles. The summed E-state index contributed by atoms with van der Waals surface area (Å²) in [5, 5.41) is 11.6. The van der Waals surface area contributed by atoms with E-state index in [0.717, 1.165) is 18.5 Å². The summed E-state index contributed by atoms with van der Waals surface area (Å²) in [4.78, 5) is 42.9. The Morgan fingerprint density at radius 3 is 2.60 bits per heavy atom. The lowest BCUT2D eigenvalue weighted by atomic mass is 10.0. The van der Waals surface area contributed by atoms with Crippen LogP contribution in [0.4, 0.5) is 5.69 Å². The highest BCUT2D eigenvalue weighted by atomic mass is 127. The van der Waals surface area contributed by atoms with Gasteiger partial charge in [0.15, 0.2) is 4.80 Å². The summed E-state index contributed by atoms with van der Waals surface area (Å²) in [6, 6.07) is 10.0. The Labute approximate surface area is 274 Å². The van der Waals surface area contributed by atoms with Crippen LogP contribution in [0, 0.1) is 17.3 Å². The van der Waals surface area contributed by atoms with Crippen molar-refractivity contribution in [1.82, 2.24) is 4.57 Å². The van der Waals surface area contributed by atoms with Gasteiger partial charge in [-0.25, -0.2) is 9.79 Å². The van der Waals surface area contributed by atoms with Crippen LogP contribution in [-0.4, -0.2) is 29.2 Å². The van der Waals surface area contributed by atoms with Gasteiger partial charge < -0.3 is 13.9 Å². The third kappa shape index (κ3) is 5.66. The zero-order chi connectivity index (χ0) is 30.3. The molecule has 0 unspecified atom stereocenters. The van der Waals surface area contributed by atoms with Gasteiger partial charge in [0.25, 0.3) is 11.2 Å². The fourth-order valence-corrected chi connectivity index (χ4v) is 8.04. The largest absolute Gasteiger partial charge is 0.495 e. The quantitative estimate of drug-likeness (QED) is 0.0993. The standard InChI is InChI=1S/C28H20ClI2N3O7S/c1-4-40-27(36)23-13(2)32-28-33(26(35)22(42-28)11-14-9-18(30)25(39-3)19(31)10-14)24(23)21-8-7-20(41-21)16-12-15(34(37)38)5-6-17(16)29/h5-12,24H,4H2,1-3H3/b22-11-/t24-/m0/s1. The highest BCUT2D eigenvalue weighted by Crippen LogP contribution is 2.37. The first-order chi connectivity index (χ1) is 20.0. The van der Waals surface area contributed by atoms with Gasteiger partial charge >= 0.3 is 5.97 Å². The molecule has 0 radical (unpaired) electrons. The number of rotatable bonds is 7. The number of non-ortho nitro benzene ring substituents is 1. The summed E-state index contributed by atoms with van der Waals surface area (Å²) in [6.45, 7) is 3.48. The molecule has 0 fully saturated rings. The fraction of sp³-hybridized carbons (Fsp3) is 0.179. The topological polar surface area (TPSA) is 126 Å². The number of benzene rings is 2. The van der Waals surface area contributed by atoms with Gasteiger partial charge in [0.1, 0.15) is 23.3 Å². The van der Waals surface area contributed by atoms with Gasteiger partial charge in [0.05, 0.1) is 46.6 Å². The molecule has 0 saturated heterocycles. The van der Waals surface area contributed by atoms with Crippen molar-refractivity contribution in [3.8, 4) is 17.1 Å². The predicted octanol–water partition coefficient (Wildman–Crippen LogP) is 5.84. The number of hydrogen-bond donors (Lipinski definition) is 0. The van der Waals surface area contributed by atoms with Gasteiger partial charge in [-0.15, -0.1) is 0 Å². The zero-order valence-electron chi connectivity index (χ0n) is 22.1. The molecule has 0 saturated carbocycles. The minimum absolute atomic E-state index is 0.119. The number of carbonyl (C=O) groups excluding carboxylic acids is 1. The summed E-state index contributed by atoms with van der Waals surface area (Å²) in [6.07, 6.45) is 1.77. The molecule has 0 spiro atoms. The van der Waals surface area contributed by atoms with Crippen LogP contribution in [0.3, 0.4) is 0 Å². The van der Waals surface area contributed by atoms with Crippen LogP contribution in [0.25, 0.3) is 17.4 Å². The number of methoxy groups -OCH3 is 1. The molecule has 1 aliphatic rings. The molecule has 0 amide bonds. The fourth-order valence-electron chi connectivity index (χ4n) is 4.53. The minimum atomic E-state index is -0.996. The smallest absolute Gasteiger partial charge is 0.338 e. The van der Waals surface area contributed by atoms with Crippen LogP contribution >= 0.6 is 68.1 Å². The minimum Gasteiger partial charge on any atom is -0.495 e. The highest BCUT2D eigenvalue weighted by Gasteiger charge is 2.35. The molecule has 216 valence electrons. The number of aromatic nitrogens is 1. The summed E-state index contributed by atoms with van der Waals surface area (Å²) < 4.78 is 20.5. The first-order valence-corrected chi connectivity index (χ1v) is 15.7. The van der Waals surface area contributed by atoms with Gasteiger partial charge in [-0.3, -0.25) is 19.5 Å².